The molecule has 0 amide bonds. The summed E-state index contributed by atoms with van der Waals surface area (Å²) in [5.41, 5.74) is 6.55. The van der Waals surface area contributed by atoms with Crippen molar-refractivity contribution < 1.29 is 4.84 Å². The number of nitrogens with zero attached hydrogens (tertiary/aromatic N) is 1. The SMILES string of the molecule is CCc1cc(C(C)C)nc2c1CNO2. The van der Waals surface area contributed by atoms with Gasteiger partial charge in [0, 0.05) is 11.3 Å². The summed E-state index contributed by atoms with van der Waals surface area (Å²) < 4.78 is 0. The van der Waals surface area contributed by atoms with Gasteiger partial charge in [0.1, 0.15) is 0 Å². The van der Waals surface area contributed by atoms with Gasteiger partial charge in [-0.2, -0.15) is 5.48 Å². The smallest absolute Gasteiger partial charge is 0.242 e. The maximum absolute atomic E-state index is 5.27. The molecule has 3 nitrogen and oxygen atoms in total. The Bertz CT molecular complexity index is 347. The summed E-state index contributed by atoms with van der Waals surface area (Å²) in [6.45, 7) is 7.25. The van der Waals surface area contributed by atoms with Crippen molar-refractivity contribution in [1.29, 1.82) is 0 Å². The second kappa shape index (κ2) is 3.58. The molecule has 2 rings (SSSR count). The zero-order valence-electron chi connectivity index (χ0n) is 8.92. The van der Waals surface area contributed by atoms with Crippen LogP contribution in [0.2, 0.25) is 0 Å². The van der Waals surface area contributed by atoms with Crippen molar-refractivity contribution in [1.82, 2.24) is 10.5 Å². The van der Waals surface area contributed by atoms with Gasteiger partial charge in [0.05, 0.1) is 6.54 Å². The topological polar surface area (TPSA) is 34.2 Å². The molecule has 1 N–H and O–H groups in total. The molecule has 1 aromatic heterocycles. The first-order valence-corrected chi connectivity index (χ1v) is 5.14. The van der Waals surface area contributed by atoms with Crippen molar-refractivity contribution in [2.75, 3.05) is 0 Å². The zero-order chi connectivity index (χ0) is 10.1. The maximum atomic E-state index is 5.27. The molecule has 0 atom stereocenters. The summed E-state index contributed by atoms with van der Waals surface area (Å²) in [5, 5.41) is 0. The van der Waals surface area contributed by atoms with Crippen LogP contribution in [0.25, 0.3) is 0 Å². The van der Waals surface area contributed by atoms with Gasteiger partial charge in [0.25, 0.3) is 0 Å². The molecule has 0 saturated heterocycles. The largest absolute Gasteiger partial charge is 0.388 e. The van der Waals surface area contributed by atoms with Gasteiger partial charge in [0.15, 0.2) is 0 Å². The van der Waals surface area contributed by atoms with E-state index in [9.17, 15) is 0 Å². The van der Waals surface area contributed by atoms with Crippen LogP contribution < -0.4 is 10.3 Å². The molecule has 0 fully saturated rings. The molecule has 1 aromatic rings. The van der Waals surface area contributed by atoms with Crippen LogP contribution in [0.5, 0.6) is 5.88 Å². The van der Waals surface area contributed by atoms with Crippen LogP contribution in [0.15, 0.2) is 6.07 Å². The Kier molecular flexibility index (Phi) is 2.42. The normalized spacial score (nSPS) is 14.3. The molecule has 0 bridgehead atoms. The maximum Gasteiger partial charge on any atom is 0.242 e. The predicted molar refractivity (Wildman–Crippen MR) is 55.2 cm³/mol. The highest BCUT2D eigenvalue weighted by Crippen LogP contribution is 2.27. The monoisotopic (exact) mass is 192 g/mol. The molecule has 14 heavy (non-hydrogen) atoms. The average Bonchev–Trinajstić information content (AvgIpc) is 2.63. The highest BCUT2D eigenvalue weighted by molar-refractivity contribution is 5.39. The number of aryl methyl sites for hydroxylation is 1. The van der Waals surface area contributed by atoms with Gasteiger partial charge in [0.2, 0.25) is 5.88 Å². The molecule has 2 heterocycles. The third-order valence-corrected chi connectivity index (χ3v) is 2.59. The number of hydroxylamine groups is 1. The second-order valence-corrected chi connectivity index (χ2v) is 3.92. The fourth-order valence-electron chi connectivity index (χ4n) is 1.68. The molecule has 0 saturated carbocycles. The van der Waals surface area contributed by atoms with E-state index in [2.05, 4.69) is 37.3 Å². The van der Waals surface area contributed by atoms with E-state index in [4.69, 9.17) is 4.84 Å². The number of nitrogens with one attached hydrogen (secondary N) is 1. The Morgan fingerprint density at radius 2 is 2.36 bits per heavy atom. The van der Waals surface area contributed by atoms with Crippen LogP contribution >= 0.6 is 0 Å². The Morgan fingerprint density at radius 3 is 3.00 bits per heavy atom. The molecular weight excluding hydrogens is 176 g/mol. The van der Waals surface area contributed by atoms with Gasteiger partial charge in [-0.25, -0.2) is 4.98 Å². The van der Waals surface area contributed by atoms with Crippen molar-refractivity contribution in [3.05, 3.63) is 22.9 Å². The van der Waals surface area contributed by atoms with E-state index in [1.54, 1.807) is 0 Å². The number of aromatic nitrogens is 1. The van der Waals surface area contributed by atoms with Crippen LogP contribution in [-0.2, 0) is 13.0 Å². The lowest BCUT2D eigenvalue weighted by molar-refractivity contribution is 0.215. The quantitative estimate of drug-likeness (QED) is 0.779. The Labute approximate surface area is 84.5 Å². The van der Waals surface area contributed by atoms with E-state index < -0.39 is 0 Å². The van der Waals surface area contributed by atoms with Crippen LogP contribution in [-0.4, -0.2) is 4.98 Å². The summed E-state index contributed by atoms with van der Waals surface area (Å²) >= 11 is 0. The number of pyridine rings is 1. The summed E-state index contributed by atoms with van der Waals surface area (Å²) in [5.74, 6) is 1.22. The van der Waals surface area contributed by atoms with Crippen molar-refractivity contribution in [2.24, 2.45) is 0 Å². The van der Waals surface area contributed by atoms with Gasteiger partial charge >= 0.3 is 0 Å². The van der Waals surface area contributed by atoms with E-state index >= 15 is 0 Å². The predicted octanol–water partition coefficient (Wildman–Crippen LogP) is 2.16. The van der Waals surface area contributed by atoms with Crippen molar-refractivity contribution in [3.8, 4) is 5.88 Å². The Balaban J connectivity index is 2.49. The number of fused-ring (bicyclic) bond motifs is 1. The Morgan fingerprint density at radius 1 is 1.57 bits per heavy atom. The highest BCUT2D eigenvalue weighted by atomic mass is 16.7. The van der Waals surface area contributed by atoms with Gasteiger partial charge in [-0.3, -0.25) is 0 Å². The van der Waals surface area contributed by atoms with E-state index in [1.807, 2.05) is 0 Å². The summed E-state index contributed by atoms with van der Waals surface area (Å²) in [4.78, 5) is 9.75. The molecule has 1 aliphatic heterocycles. The van der Waals surface area contributed by atoms with Crippen molar-refractivity contribution >= 4 is 0 Å². The first-order chi connectivity index (χ1) is 6.72. The lowest BCUT2D eigenvalue weighted by Gasteiger charge is -2.09. The van der Waals surface area contributed by atoms with E-state index in [-0.39, 0.29) is 0 Å². The molecule has 0 unspecified atom stereocenters. The van der Waals surface area contributed by atoms with Crippen LogP contribution in [0.3, 0.4) is 0 Å². The average molecular weight is 192 g/mol. The number of hydrogen-bond donors (Lipinski definition) is 1. The number of rotatable bonds is 2. The van der Waals surface area contributed by atoms with E-state index in [0.717, 1.165) is 24.5 Å². The van der Waals surface area contributed by atoms with E-state index in [1.165, 1.54) is 11.1 Å². The van der Waals surface area contributed by atoms with Crippen molar-refractivity contribution in [2.45, 2.75) is 39.7 Å². The molecule has 0 radical (unpaired) electrons. The second-order valence-electron chi connectivity index (χ2n) is 3.92. The van der Waals surface area contributed by atoms with Crippen LogP contribution in [0.1, 0.15) is 43.5 Å². The molecule has 76 valence electrons. The molecule has 0 aliphatic carbocycles. The third-order valence-electron chi connectivity index (χ3n) is 2.59. The van der Waals surface area contributed by atoms with Crippen LogP contribution in [0, 0.1) is 0 Å². The van der Waals surface area contributed by atoms with Gasteiger partial charge in [-0.05, 0) is 24.0 Å². The zero-order valence-corrected chi connectivity index (χ0v) is 8.92. The van der Waals surface area contributed by atoms with Gasteiger partial charge in [-0.15, -0.1) is 0 Å². The van der Waals surface area contributed by atoms with Gasteiger partial charge in [-0.1, -0.05) is 20.8 Å². The van der Waals surface area contributed by atoms with Gasteiger partial charge < -0.3 is 4.84 Å². The minimum atomic E-state index is 0.454. The summed E-state index contributed by atoms with van der Waals surface area (Å²) in [6, 6.07) is 2.19. The Hall–Kier alpha value is -1.09. The minimum Gasteiger partial charge on any atom is -0.388 e. The molecule has 1 aliphatic rings. The van der Waals surface area contributed by atoms with Crippen molar-refractivity contribution in [3.63, 3.8) is 0 Å². The summed E-state index contributed by atoms with van der Waals surface area (Å²) in [6.07, 6.45) is 1.04. The molecule has 3 heteroatoms. The molecule has 0 aromatic carbocycles. The third kappa shape index (κ3) is 1.48. The fourth-order valence-corrected chi connectivity index (χ4v) is 1.68. The fraction of sp³-hybridized carbons (Fsp3) is 0.545. The molecular formula is C11H16N2O. The molecule has 0 spiro atoms. The first-order valence-electron chi connectivity index (χ1n) is 5.14. The minimum absolute atomic E-state index is 0.454. The van der Waals surface area contributed by atoms with E-state index in [0.29, 0.717) is 5.92 Å². The first kappa shape index (κ1) is 9.46. The number of hydrogen-bond acceptors (Lipinski definition) is 3. The highest BCUT2D eigenvalue weighted by Gasteiger charge is 2.19. The van der Waals surface area contributed by atoms with Crippen LogP contribution in [0.4, 0.5) is 0 Å². The lowest BCUT2D eigenvalue weighted by Crippen LogP contribution is -2.08. The lowest BCUT2D eigenvalue weighted by atomic mass is 10.0. The summed E-state index contributed by atoms with van der Waals surface area (Å²) in [7, 11) is 0. The standard InChI is InChI=1S/C11H16N2O/c1-4-8-5-10(7(2)3)13-11-9(8)6-12-14-11/h5,7,12H,4,6H2,1-3H3.